The van der Waals surface area contributed by atoms with Crippen molar-refractivity contribution in [3.8, 4) is 0 Å². The summed E-state index contributed by atoms with van der Waals surface area (Å²) in [6.07, 6.45) is 6.09. The molecule has 2 unspecified atom stereocenters. The van der Waals surface area contributed by atoms with E-state index in [1.807, 2.05) is 0 Å². The van der Waals surface area contributed by atoms with Crippen molar-refractivity contribution < 1.29 is 0 Å². The van der Waals surface area contributed by atoms with Gasteiger partial charge in [-0.2, -0.15) is 0 Å². The second kappa shape index (κ2) is 5.36. The minimum atomic E-state index is 0.578. The smallest absolute Gasteiger partial charge is 0.0967 e. The monoisotopic (exact) mass is 249 g/mol. The summed E-state index contributed by atoms with van der Waals surface area (Å²) < 4.78 is 2.11. The fraction of sp³-hybridized carbons (Fsp3) is 0.846. The normalized spacial score (nSPS) is 29.8. The first-order valence-electron chi connectivity index (χ1n) is 7.17. The SMILES string of the molecule is CC1CCCC1n1cc(CN2CCNCC2)nn1. The molecule has 1 aromatic rings. The van der Waals surface area contributed by atoms with E-state index in [0.717, 1.165) is 44.3 Å². The molecule has 2 fully saturated rings. The van der Waals surface area contributed by atoms with Gasteiger partial charge in [0.05, 0.1) is 17.9 Å². The lowest BCUT2D eigenvalue weighted by molar-refractivity contribution is 0.230. The molecule has 3 rings (SSSR count). The van der Waals surface area contributed by atoms with Crippen molar-refractivity contribution in [2.45, 2.75) is 38.8 Å². The van der Waals surface area contributed by atoms with Crippen LogP contribution in [0.25, 0.3) is 0 Å². The molecule has 5 nitrogen and oxygen atoms in total. The van der Waals surface area contributed by atoms with Gasteiger partial charge in [-0.25, -0.2) is 4.68 Å². The predicted molar refractivity (Wildman–Crippen MR) is 70.2 cm³/mol. The summed E-state index contributed by atoms with van der Waals surface area (Å²) in [5.41, 5.74) is 1.12. The van der Waals surface area contributed by atoms with Crippen molar-refractivity contribution in [3.63, 3.8) is 0 Å². The highest BCUT2D eigenvalue weighted by atomic mass is 15.4. The molecule has 2 heterocycles. The van der Waals surface area contributed by atoms with E-state index in [0.29, 0.717) is 6.04 Å². The summed E-state index contributed by atoms with van der Waals surface area (Å²) in [6, 6.07) is 0.578. The molecule has 1 aromatic heterocycles. The van der Waals surface area contributed by atoms with Crippen molar-refractivity contribution in [1.82, 2.24) is 25.2 Å². The van der Waals surface area contributed by atoms with E-state index in [-0.39, 0.29) is 0 Å². The molecule has 0 amide bonds. The second-order valence-electron chi connectivity index (χ2n) is 5.69. The lowest BCUT2D eigenvalue weighted by Gasteiger charge is -2.26. The topological polar surface area (TPSA) is 46.0 Å². The van der Waals surface area contributed by atoms with Crippen molar-refractivity contribution >= 4 is 0 Å². The van der Waals surface area contributed by atoms with Gasteiger partial charge in [0.2, 0.25) is 0 Å². The average molecular weight is 249 g/mol. The van der Waals surface area contributed by atoms with Crippen LogP contribution in [0, 0.1) is 5.92 Å². The van der Waals surface area contributed by atoms with Crippen molar-refractivity contribution in [1.29, 1.82) is 0 Å². The van der Waals surface area contributed by atoms with Gasteiger partial charge in [0.15, 0.2) is 0 Å². The van der Waals surface area contributed by atoms with Gasteiger partial charge in [-0.3, -0.25) is 4.90 Å². The Morgan fingerprint density at radius 3 is 2.89 bits per heavy atom. The fourth-order valence-corrected chi connectivity index (χ4v) is 3.17. The maximum atomic E-state index is 4.34. The third-order valence-corrected chi connectivity index (χ3v) is 4.31. The molecular formula is C13H23N5. The van der Waals surface area contributed by atoms with Gasteiger partial charge in [0.1, 0.15) is 0 Å². The van der Waals surface area contributed by atoms with E-state index in [9.17, 15) is 0 Å². The van der Waals surface area contributed by atoms with Crippen LogP contribution in [-0.4, -0.2) is 46.1 Å². The summed E-state index contributed by atoms with van der Waals surface area (Å²) in [6.45, 7) is 7.69. The van der Waals surface area contributed by atoms with E-state index in [2.05, 4.69) is 38.3 Å². The van der Waals surface area contributed by atoms with Crippen LogP contribution in [-0.2, 0) is 6.54 Å². The van der Waals surface area contributed by atoms with Crippen LogP contribution in [0.15, 0.2) is 6.20 Å². The van der Waals surface area contributed by atoms with E-state index in [4.69, 9.17) is 0 Å². The highest BCUT2D eigenvalue weighted by Gasteiger charge is 2.26. The number of hydrogen-bond donors (Lipinski definition) is 1. The molecule has 2 aliphatic rings. The Morgan fingerprint density at radius 1 is 1.33 bits per heavy atom. The third-order valence-electron chi connectivity index (χ3n) is 4.31. The minimum Gasteiger partial charge on any atom is -0.314 e. The lowest BCUT2D eigenvalue weighted by atomic mass is 10.1. The van der Waals surface area contributed by atoms with E-state index in [1.165, 1.54) is 19.3 Å². The molecule has 1 saturated carbocycles. The zero-order valence-corrected chi connectivity index (χ0v) is 11.2. The molecule has 5 heteroatoms. The number of aromatic nitrogens is 3. The zero-order chi connectivity index (χ0) is 12.4. The number of rotatable bonds is 3. The Hall–Kier alpha value is -0.940. The van der Waals surface area contributed by atoms with Gasteiger partial charge in [0.25, 0.3) is 0 Å². The molecule has 1 saturated heterocycles. The van der Waals surface area contributed by atoms with Gasteiger partial charge in [0, 0.05) is 32.7 Å². The largest absolute Gasteiger partial charge is 0.314 e. The van der Waals surface area contributed by atoms with Crippen molar-refractivity contribution in [2.24, 2.45) is 5.92 Å². The van der Waals surface area contributed by atoms with Crippen molar-refractivity contribution in [3.05, 3.63) is 11.9 Å². The summed E-state index contributed by atoms with van der Waals surface area (Å²) in [5, 5.41) is 12.1. The molecule has 0 bridgehead atoms. The maximum Gasteiger partial charge on any atom is 0.0967 e. The number of nitrogens with one attached hydrogen (secondary N) is 1. The van der Waals surface area contributed by atoms with Gasteiger partial charge in [-0.05, 0) is 18.8 Å². The highest BCUT2D eigenvalue weighted by Crippen LogP contribution is 2.34. The Bertz CT molecular complexity index is 382. The second-order valence-corrected chi connectivity index (χ2v) is 5.69. The Labute approximate surface area is 109 Å². The van der Waals surface area contributed by atoms with Crippen LogP contribution < -0.4 is 5.32 Å². The van der Waals surface area contributed by atoms with Gasteiger partial charge >= 0.3 is 0 Å². The standard InChI is InChI=1S/C13H23N5/c1-11-3-2-4-13(11)18-10-12(15-16-18)9-17-7-5-14-6-8-17/h10-11,13-14H,2-9H2,1H3. The predicted octanol–water partition coefficient (Wildman–Crippen LogP) is 1.04. The van der Waals surface area contributed by atoms with Crippen LogP contribution >= 0.6 is 0 Å². The van der Waals surface area contributed by atoms with E-state index in [1.54, 1.807) is 0 Å². The molecule has 1 aliphatic carbocycles. The third kappa shape index (κ3) is 2.57. The maximum absolute atomic E-state index is 4.34. The van der Waals surface area contributed by atoms with Crippen LogP contribution in [0.1, 0.15) is 37.9 Å². The number of hydrogen-bond acceptors (Lipinski definition) is 4. The quantitative estimate of drug-likeness (QED) is 0.869. The van der Waals surface area contributed by atoms with Gasteiger partial charge in [-0.15, -0.1) is 5.10 Å². The first-order chi connectivity index (χ1) is 8.83. The molecular weight excluding hydrogens is 226 g/mol. The summed E-state index contributed by atoms with van der Waals surface area (Å²) in [7, 11) is 0. The van der Waals surface area contributed by atoms with E-state index >= 15 is 0 Å². The average Bonchev–Trinajstić information content (AvgIpc) is 2.99. The summed E-state index contributed by atoms with van der Waals surface area (Å²) in [5.74, 6) is 0.749. The summed E-state index contributed by atoms with van der Waals surface area (Å²) in [4.78, 5) is 2.45. The molecule has 100 valence electrons. The molecule has 0 spiro atoms. The fourth-order valence-electron chi connectivity index (χ4n) is 3.17. The first-order valence-corrected chi connectivity index (χ1v) is 7.17. The molecule has 0 aromatic carbocycles. The molecule has 1 N–H and O–H groups in total. The highest BCUT2D eigenvalue weighted by molar-refractivity contribution is 4.95. The Balaban J connectivity index is 1.62. The first kappa shape index (κ1) is 12.1. The molecule has 18 heavy (non-hydrogen) atoms. The molecule has 0 radical (unpaired) electrons. The van der Waals surface area contributed by atoms with Crippen LogP contribution in [0.5, 0.6) is 0 Å². The Kier molecular flexibility index (Phi) is 3.61. The zero-order valence-electron chi connectivity index (χ0n) is 11.2. The molecule has 1 aliphatic heterocycles. The number of nitrogens with zero attached hydrogens (tertiary/aromatic N) is 4. The lowest BCUT2D eigenvalue weighted by Crippen LogP contribution is -2.42. The van der Waals surface area contributed by atoms with Crippen molar-refractivity contribution in [2.75, 3.05) is 26.2 Å². The minimum absolute atomic E-state index is 0.578. The Morgan fingerprint density at radius 2 is 2.17 bits per heavy atom. The van der Waals surface area contributed by atoms with Crippen LogP contribution in [0.3, 0.4) is 0 Å². The van der Waals surface area contributed by atoms with Crippen LogP contribution in [0.2, 0.25) is 0 Å². The van der Waals surface area contributed by atoms with Gasteiger partial charge in [-0.1, -0.05) is 18.6 Å². The van der Waals surface area contributed by atoms with E-state index < -0.39 is 0 Å². The number of piperazine rings is 1. The van der Waals surface area contributed by atoms with Gasteiger partial charge < -0.3 is 5.32 Å². The molecule has 2 atom stereocenters. The summed E-state index contributed by atoms with van der Waals surface area (Å²) >= 11 is 0. The van der Waals surface area contributed by atoms with Crippen LogP contribution in [0.4, 0.5) is 0 Å².